The Bertz CT molecular complexity index is 395. The third-order valence-electron chi connectivity index (χ3n) is 4.17. The Labute approximate surface area is 114 Å². The summed E-state index contributed by atoms with van der Waals surface area (Å²) in [6.07, 6.45) is 1.75. The van der Waals surface area contributed by atoms with Crippen LogP contribution in [0, 0.1) is 11.3 Å². The van der Waals surface area contributed by atoms with Gasteiger partial charge in [-0.1, -0.05) is 6.92 Å². The topological polar surface area (TPSA) is 52.6 Å². The molecule has 0 unspecified atom stereocenters. The van der Waals surface area contributed by atoms with Gasteiger partial charge in [-0.05, 0) is 33.6 Å². The first-order valence-electron chi connectivity index (χ1n) is 6.98. The van der Waals surface area contributed by atoms with Crippen molar-refractivity contribution in [3.63, 3.8) is 0 Å². The van der Waals surface area contributed by atoms with Crippen LogP contribution < -0.4 is 0 Å². The van der Waals surface area contributed by atoms with Crippen molar-refractivity contribution in [3.8, 4) is 0 Å². The Balaban J connectivity index is 2.16. The van der Waals surface area contributed by atoms with Crippen LogP contribution in [-0.2, 0) is 19.1 Å². The Morgan fingerprint density at radius 3 is 2.47 bits per heavy atom. The Morgan fingerprint density at radius 1 is 1.37 bits per heavy atom. The quantitative estimate of drug-likeness (QED) is 0.722. The van der Waals surface area contributed by atoms with Crippen molar-refractivity contribution < 1.29 is 19.1 Å². The van der Waals surface area contributed by atoms with Gasteiger partial charge in [-0.2, -0.15) is 0 Å². The second kappa shape index (κ2) is 4.58. The van der Waals surface area contributed by atoms with Crippen LogP contribution in [0.5, 0.6) is 0 Å². The van der Waals surface area contributed by atoms with Gasteiger partial charge >= 0.3 is 5.97 Å². The molecule has 0 aromatic heterocycles. The van der Waals surface area contributed by atoms with E-state index in [1.807, 2.05) is 20.8 Å². The highest BCUT2D eigenvalue weighted by Gasteiger charge is 2.55. The van der Waals surface area contributed by atoms with E-state index in [0.717, 1.165) is 6.42 Å². The second-order valence-corrected chi connectivity index (χ2v) is 7.21. The van der Waals surface area contributed by atoms with Gasteiger partial charge in [0.1, 0.15) is 11.9 Å². The van der Waals surface area contributed by atoms with Crippen molar-refractivity contribution in [2.24, 2.45) is 11.3 Å². The van der Waals surface area contributed by atoms with E-state index in [1.54, 1.807) is 0 Å². The molecule has 19 heavy (non-hydrogen) atoms. The Hall–Kier alpha value is -0.900. The van der Waals surface area contributed by atoms with Crippen LogP contribution in [0.2, 0.25) is 0 Å². The number of ketones is 1. The van der Waals surface area contributed by atoms with Crippen LogP contribution in [0.4, 0.5) is 0 Å². The van der Waals surface area contributed by atoms with Gasteiger partial charge in [-0.3, -0.25) is 9.59 Å². The summed E-state index contributed by atoms with van der Waals surface area (Å²) in [5.74, 6) is -0.269. The lowest BCUT2D eigenvalue weighted by Gasteiger charge is -2.53. The van der Waals surface area contributed by atoms with Crippen molar-refractivity contribution in [2.75, 3.05) is 0 Å². The van der Waals surface area contributed by atoms with E-state index in [4.69, 9.17) is 9.47 Å². The Morgan fingerprint density at radius 2 is 2.00 bits per heavy atom. The van der Waals surface area contributed by atoms with Gasteiger partial charge in [0, 0.05) is 18.8 Å². The minimum Gasteiger partial charge on any atom is -0.462 e. The standard InChI is InChI=1S/C15H24O4/c1-9(16)18-12-8-15(5)7-11(17)10(12)6-13(15)19-14(2,3)4/h10,12-13H,6-8H2,1-5H3/t10-,12+,13+,15-/m1/s1. The zero-order valence-electron chi connectivity index (χ0n) is 12.5. The van der Waals surface area contributed by atoms with Gasteiger partial charge in [0.2, 0.25) is 0 Å². The molecule has 4 nitrogen and oxygen atoms in total. The molecule has 0 spiro atoms. The summed E-state index contributed by atoms with van der Waals surface area (Å²) in [5.41, 5.74) is -0.426. The monoisotopic (exact) mass is 268 g/mol. The number of carbonyl (C=O) groups excluding carboxylic acids is 2. The molecule has 0 N–H and O–H groups in total. The first kappa shape index (κ1) is 14.5. The molecule has 108 valence electrons. The van der Waals surface area contributed by atoms with Gasteiger partial charge in [-0.15, -0.1) is 0 Å². The highest BCUT2D eigenvalue weighted by molar-refractivity contribution is 5.85. The molecular formula is C15H24O4. The van der Waals surface area contributed by atoms with E-state index in [2.05, 4.69) is 6.92 Å². The van der Waals surface area contributed by atoms with Gasteiger partial charge in [0.25, 0.3) is 0 Å². The van der Waals surface area contributed by atoms with E-state index in [1.165, 1.54) is 6.92 Å². The highest BCUT2D eigenvalue weighted by Crippen LogP contribution is 2.51. The molecule has 4 atom stereocenters. The average molecular weight is 268 g/mol. The second-order valence-electron chi connectivity index (χ2n) is 7.21. The number of hydrogen-bond donors (Lipinski definition) is 0. The van der Waals surface area contributed by atoms with E-state index in [0.29, 0.717) is 12.8 Å². The molecule has 0 radical (unpaired) electrons. The Kier molecular flexibility index (Phi) is 3.50. The van der Waals surface area contributed by atoms with Crippen molar-refractivity contribution in [1.29, 1.82) is 0 Å². The van der Waals surface area contributed by atoms with Gasteiger partial charge < -0.3 is 9.47 Å². The van der Waals surface area contributed by atoms with E-state index in [9.17, 15) is 9.59 Å². The van der Waals surface area contributed by atoms with Crippen molar-refractivity contribution in [3.05, 3.63) is 0 Å². The lowest BCUT2D eigenvalue weighted by Crippen LogP contribution is -2.57. The fourth-order valence-corrected chi connectivity index (χ4v) is 3.41. The summed E-state index contributed by atoms with van der Waals surface area (Å²) >= 11 is 0. The molecule has 3 fully saturated rings. The largest absolute Gasteiger partial charge is 0.462 e. The molecule has 3 aliphatic rings. The smallest absolute Gasteiger partial charge is 0.302 e. The SMILES string of the molecule is CC(=O)O[C@H]1C[C@@]2(C)CC(=O)[C@H]1C[C@@H]2OC(C)(C)C. The molecule has 2 bridgehead atoms. The van der Waals surface area contributed by atoms with E-state index >= 15 is 0 Å². The van der Waals surface area contributed by atoms with Gasteiger partial charge in [0.15, 0.2) is 0 Å². The number of fused-ring (bicyclic) bond motifs is 3. The predicted molar refractivity (Wildman–Crippen MR) is 70.6 cm³/mol. The molecule has 3 aliphatic carbocycles. The summed E-state index contributed by atoms with van der Waals surface area (Å²) in [4.78, 5) is 23.3. The fourth-order valence-electron chi connectivity index (χ4n) is 3.41. The molecule has 3 rings (SSSR count). The zero-order valence-corrected chi connectivity index (χ0v) is 12.5. The molecule has 0 aromatic rings. The summed E-state index contributed by atoms with van der Waals surface area (Å²) in [7, 11) is 0. The third kappa shape index (κ3) is 2.99. The zero-order chi connectivity index (χ0) is 14.4. The van der Waals surface area contributed by atoms with Crippen molar-refractivity contribution in [1.82, 2.24) is 0 Å². The summed E-state index contributed by atoms with van der Waals surface area (Å²) < 4.78 is 11.4. The molecule has 0 heterocycles. The van der Waals surface area contributed by atoms with Crippen molar-refractivity contribution in [2.45, 2.75) is 71.7 Å². The number of ether oxygens (including phenoxy) is 2. The molecular weight excluding hydrogens is 244 g/mol. The van der Waals surface area contributed by atoms with Crippen LogP contribution in [0.25, 0.3) is 0 Å². The normalized spacial score (nSPS) is 38.4. The minimum atomic E-state index is -0.303. The number of rotatable bonds is 2. The first-order valence-corrected chi connectivity index (χ1v) is 6.98. The van der Waals surface area contributed by atoms with Crippen LogP contribution in [0.1, 0.15) is 53.9 Å². The maximum Gasteiger partial charge on any atom is 0.302 e. The lowest BCUT2D eigenvalue weighted by molar-refractivity contribution is -0.199. The van der Waals surface area contributed by atoms with Crippen LogP contribution >= 0.6 is 0 Å². The van der Waals surface area contributed by atoms with Crippen LogP contribution in [-0.4, -0.2) is 29.6 Å². The molecule has 0 aliphatic heterocycles. The molecule has 0 amide bonds. The number of Topliss-reactive ketones (excluding diaryl/α,β-unsaturated/α-hetero) is 1. The maximum atomic E-state index is 12.1. The summed E-state index contributed by atoms with van der Waals surface area (Å²) in [6.45, 7) is 9.57. The third-order valence-corrected chi connectivity index (χ3v) is 4.17. The van der Waals surface area contributed by atoms with Gasteiger partial charge in [0.05, 0.1) is 17.6 Å². The van der Waals surface area contributed by atoms with E-state index in [-0.39, 0.29) is 40.9 Å². The average Bonchev–Trinajstić information content (AvgIpc) is 2.16. The summed E-state index contributed by atoms with van der Waals surface area (Å²) in [5, 5.41) is 0. The maximum absolute atomic E-state index is 12.1. The summed E-state index contributed by atoms with van der Waals surface area (Å²) in [6, 6.07) is 0. The molecule has 0 aromatic carbocycles. The molecule has 3 saturated carbocycles. The number of carbonyl (C=O) groups is 2. The molecule has 0 saturated heterocycles. The molecule has 4 heteroatoms. The lowest BCUT2D eigenvalue weighted by atomic mass is 9.58. The van der Waals surface area contributed by atoms with Gasteiger partial charge in [-0.25, -0.2) is 0 Å². The number of esters is 1. The van der Waals surface area contributed by atoms with E-state index < -0.39 is 0 Å². The highest BCUT2D eigenvalue weighted by atomic mass is 16.5. The van der Waals surface area contributed by atoms with Crippen molar-refractivity contribution >= 4 is 11.8 Å². The number of hydrogen-bond acceptors (Lipinski definition) is 4. The van der Waals surface area contributed by atoms with Crippen LogP contribution in [0.15, 0.2) is 0 Å². The van der Waals surface area contributed by atoms with Crippen LogP contribution in [0.3, 0.4) is 0 Å². The fraction of sp³-hybridized carbons (Fsp3) is 0.867. The predicted octanol–water partition coefficient (Wildman–Crippen LogP) is 2.49. The minimum absolute atomic E-state index is 0.0713. The first-order chi connectivity index (χ1) is 8.61.